The predicted molar refractivity (Wildman–Crippen MR) is 111 cm³/mol. The number of H-pyrrole nitrogens is 1. The van der Waals surface area contributed by atoms with E-state index in [-0.39, 0.29) is 16.9 Å². The molecule has 1 amide bonds. The monoisotopic (exact) mass is 380 g/mol. The summed E-state index contributed by atoms with van der Waals surface area (Å²) in [6, 6.07) is 12.1. The van der Waals surface area contributed by atoms with E-state index in [4.69, 9.17) is 9.47 Å². The smallest absolute Gasteiger partial charge is 0.255 e. The van der Waals surface area contributed by atoms with Gasteiger partial charge in [0.15, 0.2) is 0 Å². The second-order valence-electron chi connectivity index (χ2n) is 7.61. The number of aromatic nitrogens is 1. The fourth-order valence-electron chi connectivity index (χ4n) is 3.10. The molecule has 0 saturated carbocycles. The van der Waals surface area contributed by atoms with Crippen molar-refractivity contribution in [3.63, 3.8) is 0 Å². The van der Waals surface area contributed by atoms with Gasteiger partial charge < -0.3 is 19.8 Å². The lowest BCUT2D eigenvalue weighted by atomic mass is 9.85. The highest BCUT2D eigenvalue weighted by Crippen LogP contribution is 2.29. The van der Waals surface area contributed by atoms with Crippen molar-refractivity contribution < 1.29 is 14.3 Å². The van der Waals surface area contributed by atoms with E-state index < -0.39 is 0 Å². The summed E-state index contributed by atoms with van der Waals surface area (Å²) in [4.78, 5) is 27.6. The number of pyridine rings is 1. The number of nitrogens with one attached hydrogen (secondary N) is 2. The average Bonchev–Trinajstić information content (AvgIpc) is 2.65. The summed E-state index contributed by atoms with van der Waals surface area (Å²) >= 11 is 0. The van der Waals surface area contributed by atoms with E-state index in [2.05, 4.69) is 31.1 Å². The van der Waals surface area contributed by atoms with Gasteiger partial charge in [-0.25, -0.2) is 0 Å². The van der Waals surface area contributed by atoms with E-state index in [9.17, 15) is 9.59 Å². The van der Waals surface area contributed by atoms with Crippen LogP contribution in [-0.4, -0.2) is 25.1 Å². The molecule has 0 radical (unpaired) electrons. The number of aromatic amines is 1. The quantitative estimate of drug-likeness (QED) is 0.714. The first-order chi connectivity index (χ1) is 13.2. The van der Waals surface area contributed by atoms with Gasteiger partial charge in [0.2, 0.25) is 5.56 Å². The summed E-state index contributed by atoms with van der Waals surface area (Å²) in [5, 5.41) is 3.81. The van der Waals surface area contributed by atoms with Crippen LogP contribution >= 0.6 is 0 Å². The van der Waals surface area contributed by atoms with Gasteiger partial charge in [0.1, 0.15) is 11.5 Å². The first-order valence-corrected chi connectivity index (χ1v) is 8.93. The summed E-state index contributed by atoms with van der Waals surface area (Å²) in [6.45, 7) is 6.19. The third kappa shape index (κ3) is 4.01. The number of hydrogen-bond acceptors (Lipinski definition) is 4. The molecule has 2 N–H and O–H groups in total. The van der Waals surface area contributed by atoms with Gasteiger partial charge in [0.05, 0.1) is 19.7 Å². The Morgan fingerprint density at radius 1 is 0.964 bits per heavy atom. The third-order valence-electron chi connectivity index (χ3n) is 4.52. The second-order valence-corrected chi connectivity index (χ2v) is 7.61. The number of hydrogen-bond donors (Lipinski definition) is 2. The lowest BCUT2D eigenvalue weighted by molar-refractivity contribution is 0.102. The minimum absolute atomic E-state index is 0.168. The number of carbonyl (C=O) groups is 1. The molecule has 2 aromatic carbocycles. The highest BCUT2D eigenvalue weighted by atomic mass is 16.5. The minimum atomic E-state index is -0.300. The Bertz CT molecular complexity index is 1070. The fraction of sp³-hybridized carbons (Fsp3) is 0.273. The fourth-order valence-corrected chi connectivity index (χ4v) is 3.10. The molecule has 0 saturated heterocycles. The zero-order valence-electron chi connectivity index (χ0n) is 16.7. The van der Waals surface area contributed by atoms with Crippen LogP contribution in [0.15, 0.2) is 47.3 Å². The average molecular weight is 380 g/mol. The maximum absolute atomic E-state index is 12.7. The number of amides is 1. The number of carbonyl (C=O) groups excluding carboxylic acids is 1. The third-order valence-corrected chi connectivity index (χ3v) is 4.52. The molecule has 28 heavy (non-hydrogen) atoms. The Morgan fingerprint density at radius 2 is 1.61 bits per heavy atom. The first kappa shape index (κ1) is 19.5. The van der Waals surface area contributed by atoms with Crippen molar-refractivity contribution >= 4 is 22.5 Å². The van der Waals surface area contributed by atoms with Gasteiger partial charge in [-0.1, -0.05) is 26.8 Å². The minimum Gasteiger partial charge on any atom is -0.497 e. The number of benzene rings is 2. The van der Waals surface area contributed by atoms with E-state index in [1.165, 1.54) is 14.2 Å². The molecule has 0 bridgehead atoms. The molecule has 0 spiro atoms. The molecule has 146 valence electrons. The first-order valence-electron chi connectivity index (χ1n) is 8.93. The van der Waals surface area contributed by atoms with Crippen molar-refractivity contribution in [2.75, 3.05) is 19.5 Å². The van der Waals surface area contributed by atoms with Crippen molar-refractivity contribution in [3.8, 4) is 11.5 Å². The Balaban J connectivity index is 1.97. The van der Waals surface area contributed by atoms with Crippen molar-refractivity contribution in [2.45, 2.75) is 26.2 Å². The van der Waals surface area contributed by atoms with E-state index in [0.717, 1.165) is 10.9 Å². The Labute approximate surface area is 163 Å². The van der Waals surface area contributed by atoms with Crippen LogP contribution in [0.1, 0.15) is 36.7 Å². The topological polar surface area (TPSA) is 80.4 Å². The Morgan fingerprint density at radius 3 is 2.18 bits per heavy atom. The SMILES string of the molecule is COc1cc(OC)cc(C(=O)Nc2ccc3c(C(C)(C)C)cc(=O)[nH]c3c2)c1. The van der Waals surface area contributed by atoms with Crippen molar-refractivity contribution in [2.24, 2.45) is 0 Å². The van der Waals surface area contributed by atoms with Crippen LogP contribution in [0.2, 0.25) is 0 Å². The molecule has 0 aliphatic carbocycles. The Kier molecular flexibility index (Phi) is 5.14. The summed E-state index contributed by atoms with van der Waals surface area (Å²) in [6.07, 6.45) is 0. The normalized spacial score (nSPS) is 11.3. The summed E-state index contributed by atoms with van der Waals surface area (Å²) in [5.74, 6) is 0.759. The number of anilines is 1. The van der Waals surface area contributed by atoms with Crippen molar-refractivity contribution in [1.82, 2.24) is 4.98 Å². The zero-order chi connectivity index (χ0) is 20.5. The molecule has 0 fully saturated rings. The molecule has 6 heteroatoms. The van der Waals surface area contributed by atoms with E-state index in [0.29, 0.717) is 28.3 Å². The second kappa shape index (κ2) is 7.38. The number of rotatable bonds is 4. The van der Waals surface area contributed by atoms with Gasteiger partial charge in [-0.2, -0.15) is 0 Å². The van der Waals surface area contributed by atoms with Crippen LogP contribution in [-0.2, 0) is 5.41 Å². The van der Waals surface area contributed by atoms with Crippen molar-refractivity contribution in [1.29, 1.82) is 0 Å². The number of ether oxygens (including phenoxy) is 2. The molecule has 0 aliphatic rings. The molecule has 0 unspecified atom stereocenters. The summed E-state index contributed by atoms with van der Waals surface area (Å²) in [5.41, 5.74) is 2.29. The molecule has 0 atom stereocenters. The molecular formula is C22H24N2O4. The van der Waals surface area contributed by atoms with Crippen molar-refractivity contribution in [3.05, 3.63) is 63.9 Å². The molecule has 3 aromatic rings. The molecule has 1 aromatic heterocycles. The number of methoxy groups -OCH3 is 2. The highest BCUT2D eigenvalue weighted by Gasteiger charge is 2.18. The van der Waals surface area contributed by atoms with Crippen LogP contribution in [0.4, 0.5) is 5.69 Å². The summed E-state index contributed by atoms with van der Waals surface area (Å²) in [7, 11) is 3.06. The largest absolute Gasteiger partial charge is 0.497 e. The van der Waals surface area contributed by atoms with Gasteiger partial charge in [-0.3, -0.25) is 9.59 Å². The molecule has 3 rings (SSSR count). The van der Waals surface area contributed by atoms with Gasteiger partial charge >= 0.3 is 0 Å². The summed E-state index contributed by atoms with van der Waals surface area (Å²) < 4.78 is 10.4. The van der Waals surface area contributed by atoms with Crippen LogP contribution < -0.4 is 20.3 Å². The van der Waals surface area contributed by atoms with Gasteiger partial charge in [-0.05, 0) is 35.2 Å². The van der Waals surface area contributed by atoms with E-state index in [1.54, 1.807) is 30.3 Å². The lowest BCUT2D eigenvalue weighted by Crippen LogP contribution is -2.17. The lowest BCUT2D eigenvalue weighted by Gasteiger charge is -2.21. The predicted octanol–water partition coefficient (Wildman–Crippen LogP) is 4.10. The van der Waals surface area contributed by atoms with E-state index >= 15 is 0 Å². The van der Waals surface area contributed by atoms with Crippen LogP contribution in [0, 0.1) is 0 Å². The number of fused-ring (bicyclic) bond motifs is 1. The van der Waals surface area contributed by atoms with Gasteiger partial charge in [0, 0.05) is 28.8 Å². The molecule has 1 heterocycles. The molecule has 0 aliphatic heterocycles. The van der Waals surface area contributed by atoms with Crippen LogP contribution in [0.25, 0.3) is 10.9 Å². The van der Waals surface area contributed by atoms with Gasteiger partial charge in [0.25, 0.3) is 5.91 Å². The zero-order valence-corrected chi connectivity index (χ0v) is 16.7. The maximum Gasteiger partial charge on any atom is 0.255 e. The van der Waals surface area contributed by atoms with E-state index in [1.807, 2.05) is 12.1 Å². The van der Waals surface area contributed by atoms with Crippen LogP contribution in [0.3, 0.4) is 0 Å². The highest BCUT2D eigenvalue weighted by molar-refractivity contribution is 6.05. The Hall–Kier alpha value is -3.28. The molecule has 6 nitrogen and oxygen atoms in total. The van der Waals surface area contributed by atoms with Gasteiger partial charge in [-0.15, -0.1) is 0 Å². The van der Waals surface area contributed by atoms with Crippen LogP contribution in [0.5, 0.6) is 11.5 Å². The maximum atomic E-state index is 12.7. The standard InChI is InChI=1S/C22H24N2O4/c1-22(2,3)18-12-20(25)24-19-10-14(6-7-17(18)19)23-21(26)13-8-15(27-4)11-16(9-13)28-5/h6-12H,1-5H3,(H,23,26)(H,24,25). The molecular weight excluding hydrogens is 356 g/mol.